The number of hydrogen-bond donors (Lipinski definition) is 0. The van der Waals surface area contributed by atoms with Gasteiger partial charge in [0.1, 0.15) is 17.4 Å². The van der Waals surface area contributed by atoms with Crippen molar-refractivity contribution in [3.63, 3.8) is 0 Å². The molecular weight excluding hydrogens is 316 g/mol. The second-order valence-corrected chi connectivity index (χ2v) is 7.11. The zero-order valence-electron chi connectivity index (χ0n) is 14.6. The van der Waals surface area contributed by atoms with Gasteiger partial charge in [-0.2, -0.15) is 0 Å². The Morgan fingerprint density at radius 2 is 1.92 bits per heavy atom. The van der Waals surface area contributed by atoms with Gasteiger partial charge in [-0.3, -0.25) is 4.90 Å². The molecule has 0 radical (unpaired) electrons. The number of carbonyl (C=O) groups is 1. The number of carbonyl (C=O) groups excluding carboxylic acids is 1. The Morgan fingerprint density at radius 3 is 2.46 bits per heavy atom. The summed E-state index contributed by atoms with van der Waals surface area (Å²) in [6.45, 7) is 5.47. The van der Waals surface area contributed by atoms with Crippen molar-refractivity contribution in [1.82, 2.24) is 4.90 Å². The minimum absolute atomic E-state index is 0.0796. The lowest BCUT2D eigenvalue weighted by atomic mass is 9.92. The number of ether oxygens (including phenoxy) is 2. The molecule has 1 aliphatic heterocycles. The maximum Gasteiger partial charge on any atom is 0.410 e. The molecule has 0 aromatic heterocycles. The van der Waals surface area contributed by atoms with Gasteiger partial charge in [-0.05, 0) is 51.3 Å². The van der Waals surface area contributed by atoms with E-state index in [2.05, 4.69) is 0 Å². The van der Waals surface area contributed by atoms with Gasteiger partial charge < -0.3 is 9.47 Å². The third-order valence-corrected chi connectivity index (χ3v) is 3.99. The van der Waals surface area contributed by atoms with Crippen LogP contribution in [0.25, 0.3) is 0 Å². The largest absolute Gasteiger partial charge is 0.497 e. The first-order valence-electron chi connectivity index (χ1n) is 8.13. The third kappa shape index (κ3) is 4.58. The fourth-order valence-corrected chi connectivity index (χ4v) is 2.82. The summed E-state index contributed by atoms with van der Waals surface area (Å²) in [4.78, 5) is 13.5. The molecule has 6 heteroatoms. The van der Waals surface area contributed by atoms with Crippen molar-refractivity contribution < 1.29 is 23.0 Å². The number of piperidine rings is 1. The highest BCUT2D eigenvalue weighted by Crippen LogP contribution is 2.36. The predicted octanol–water partition coefficient (Wildman–Crippen LogP) is 4.27. The molecule has 1 aromatic carbocycles. The highest BCUT2D eigenvalue weighted by molar-refractivity contribution is 5.69. The lowest BCUT2D eigenvalue weighted by molar-refractivity contribution is -0.111. The summed E-state index contributed by atoms with van der Waals surface area (Å²) in [6, 6.07) is 5.75. The van der Waals surface area contributed by atoms with Gasteiger partial charge in [0.15, 0.2) is 0 Å². The summed E-state index contributed by atoms with van der Waals surface area (Å²) in [6.07, 6.45) is -0.547. The smallest absolute Gasteiger partial charge is 0.410 e. The molecule has 1 aromatic rings. The highest BCUT2D eigenvalue weighted by atomic mass is 19.3. The monoisotopic (exact) mass is 341 g/mol. The molecule has 1 unspecified atom stereocenters. The Morgan fingerprint density at radius 1 is 1.29 bits per heavy atom. The van der Waals surface area contributed by atoms with Gasteiger partial charge in [-0.15, -0.1) is 0 Å². The van der Waals surface area contributed by atoms with Crippen LogP contribution in [0.5, 0.6) is 5.75 Å². The molecular formula is C18H25F2NO3. The number of likely N-dealkylation sites (tertiary alicyclic amines) is 1. The van der Waals surface area contributed by atoms with E-state index in [1.165, 1.54) is 4.90 Å². The standard InChI is InChI=1S/C18H25F2NO3/c1-17(2,3)24-16(22)21-11-5-10-18(19,20)15(21)12-13-6-8-14(23-4)9-7-13/h6-9,15H,5,10-12H2,1-4H3. The molecule has 24 heavy (non-hydrogen) atoms. The molecule has 0 bridgehead atoms. The average Bonchev–Trinajstić information content (AvgIpc) is 2.48. The van der Waals surface area contributed by atoms with E-state index in [4.69, 9.17) is 9.47 Å². The van der Waals surface area contributed by atoms with E-state index >= 15 is 0 Å². The number of hydrogen-bond acceptors (Lipinski definition) is 3. The zero-order chi connectivity index (χ0) is 18.0. The Labute approximate surface area is 141 Å². The number of halogens is 2. The SMILES string of the molecule is COc1ccc(CC2N(C(=O)OC(C)(C)C)CCCC2(F)F)cc1. The molecule has 1 amide bonds. The Hall–Kier alpha value is -1.85. The van der Waals surface area contributed by atoms with Gasteiger partial charge in [0, 0.05) is 13.0 Å². The first-order valence-corrected chi connectivity index (χ1v) is 8.13. The van der Waals surface area contributed by atoms with Gasteiger partial charge in [0.2, 0.25) is 0 Å². The molecule has 1 fully saturated rings. The Kier molecular flexibility index (Phi) is 5.35. The molecule has 4 nitrogen and oxygen atoms in total. The summed E-state index contributed by atoms with van der Waals surface area (Å²) >= 11 is 0. The zero-order valence-corrected chi connectivity index (χ0v) is 14.6. The maximum atomic E-state index is 14.5. The summed E-state index contributed by atoms with van der Waals surface area (Å²) in [5.41, 5.74) is 0.0185. The van der Waals surface area contributed by atoms with Crippen LogP contribution in [0.1, 0.15) is 39.2 Å². The second kappa shape index (κ2) is 6.95. The number of benzene rings is 1. The Bertz CT molecular complexity index is 567. The number of rotatable bonds is 3. The molecule has 0 aliphatic carbocycles. The van der Waals surface area contributed by atoms with Crippen molar-refractivity contribution in [2.75, 3.05) is 13.7 Å². The molecule has 134 valence electrons. The Balaban J connectivity index is 2.20. The van der Waals surface area contributed by atoms with Crippen LogP contribution >= 0.6 is 0 Å². The summed E-state index contributed by atoms with van der Waals surface area (Å²) < 4.78 is 39.3. The second-order valence-electron chi connectivity index (χ2n) is 7.11. The molecule has 0 saturated carbocycles. The number of nitrogens with zero attached hydrogens (tertiary/aromatic N) is 1. The van der Waals surface area contributed by atoms with Crippen LogP contribution in [0.2, 0.25) is 0 Å². The topological polar surface area (TPSA) is 38.8 Å². The van der Waals surface area contributed by atoms with Gasteiger partial charge in [-0.1, -0.05) is 12.1 Å². The normalized spacial score (nSPS) is 20.6. The molecule has 1 aliphatic rings. The fraction of sp³-hybridized carbons (Fsp3) is 0.611. The fourth-order valence-electron chi connectivity index (χ4n) is 2.82. The highest BCUT2D eigenvalue weighted by Gasteiger charge is 2.48. The number of alkyl halides is 2. The van der Waals surface area contributed by atoms with Crippen LogP contribution in [0, 0.1) is 0 Å². The van der Waals surface area contributed by atoms with Crippen LogP contribution < -0.4 is 4.74 Å². The lowest BCUT2D eigenvalue weighted by Crippen LogP contribution is -2.56. The van der Waals surface area contributed by atoms with Crippen LogP contribution in [0.15, 0.2) is 24.3 Å². The lowest BCUT2D eigenvalue weighted by Gasteiger charge is -2.41. The molecule has 1 saturated heterocycles. The van der Waals surface area contributed by atoms with Crippen molar-refractivity contribution in [3.8, 4) is 5.75 Å². The van der Waals surface area contributed by atoms with Gasteiger partial charge >= 0.3 is 6.09 Å². The van der Waals surface area contributed by atoms with E-state index in [9.17, 15) is 13.6 Å². The maximum absolute atomic E-state index is 14.5. The molecule has 0 spiro atoms. The van der Waals surface area contributed by atoms with E-state index in [0.29, 0.717) is 5.75 Å². The number of methoxy groups -OCH3 is 1. The predicted molar refractivity (Wildman–Crippen MR) is 87.6 cm³/mol. The minimum atomic E-state index is -2.94. The minimum Gasteiger partial charge on any atom is -0.497 e. The van der Waals surface area contributed by atoms with Crippen LogP contribution in [0.4, 0.5) is 13.6 Å². The molecule has 1 atom stereocenters. The van der Waals surface area contributed by atoms with Crippen LogP contribution in [-0.2, 0) is 11.2 Å². The van der Waals surface area contributed by atoms with E-state index in [0.717, 1.165) is 5.56 Å². The van der Waals surface area contributed by atoms with Crippen molar-refractivity contribution >= 4 is 6.09 Å². The van der Waals surface area contributed by atoms with E-state index < -0.39 is 23.7 Å². The molecule has 1 heterocycles. The molecule has 2 rings (SSSR count). The first-order chi connectivity index (χ1) is 11.1. The van der Waals surface area contributed by atoms with Crippen molar-refractivity contribution in [2.24, 2.45) is 0 Å². The van der Waals surface area contributed by atoms with Gasteiger partial charge in [0.25, 0.3) is 5.92 Å². The van der Waals surface area contributed by atoms with Crippen LogP contribution in [0.3, 0.4) is 0 Å². The number of amides is 1. The van der Waals surface area contributed by atoms with Gasteiger partial charge in [0.05, 0.1) is 7.11 Å². The first kappa shape index (κ1) is 18.5. The van der Waals surface area contributed by atoms with Crippen molar-refractivity contribution in [1.29, 1.82) is 0 Å². The summed E-state index contributed by atoms with van der Waals surface area (Å²) in [5, 5.41) is 0. The van der Waals surface area contributed by atoms with Gasteiger partial charge in [-0.25, -0.2) is 13.6 Å². The van der Waals surface area contributed by atoms with Crippen LogP contribution in [-0.4, -0.2) is 42.2 Å². The van der Waals surface area contributed by atoms with E-state index in [-0.39, 0.29) is 25.8 Å². The summed E-state index contributed by atoms with van der Waals surface area (Å²) in [5.74, 6) is -2.27. The van der Waals surface area contributed by atoms with Crippen molar-refractivity contribution in [2.45, 2.75) is 57.6 Å². The molecule has 0 N–H and O–H groups in total. The third-order valence-electron chi connectivity index (χ3n) is 3.99. The van der Waals surface area contributed by atoms with E-state index in [1.54, 1.807) is 52.1 Å². The van der Waals surface area contributed by atoms with E-state index in [1.807, 2.05) is 0 Å². The average molecular weight is 341 g/mol. The summed E-state index contributed by atoms with van der Waals surface area (Å²) in [7, 11) is 1.55. The van der Waals surface area contributed by atoms with Crippen molar-refractivity contribution in [3.05, 3.63) is 29.8 Å². The quantitative estimate of drug-likeness (QED) is 0.824.